The van der Waals surface area contributed by atoms with E-state index in [1.54, 1.807) is 56.5 Å². The molecule has 4 rings (SSSR count). The fourth-order valence-electron chi connectivity index (χ4n) is 5.02. The molecule has 0 radical (unpaired) electrons. The first kappa shape index (κ1) is 30.1. The van der Waals surface area contributed by atoms with Crippen molar-refractivity contribution in [3.8, 4) is 5.75 Å². The van der Waals surface area contributed by atoms with Crippen molar-refractivity contribution in [2.45, 2.75) is 70.0 Å². The van der Waals surface area contributed by atoms with E-state index in [9.17, 15) is 18.0 Å². The van der Waals surface area contributed by atoms with Gasteiger partial charge in [-0.2, -0.15) is 0 Å². The monoisotopic (exact) mass is 577 g/mol. The van der Waals surface area contributed by atoms with Crippen LogP contribution in [0.1, 0.15) is 49.3 Å². The number of hydrogen-bond donors (Lipinski definition) is 1. The Labute approximate surface area is 243 Å². The third-order valence-corrected chi connectivity index (χ3v) is 9.35. The normalized spacial score (nSPS) is 14.3. The molecule has 1 aliphatic carbocycles. The molecule has 218 valence electrons. The van der Waals surface area contributed by atoms with Gasteiger partial charge in [-0.1, -0.05) is 60.4 Å². The van der Waals surface area contributed by atoms with Crippen LogP contribution in [0, 0.1) is 13.8 Å². The van der Waals surface area contributed by atoms with Gasteiger partial charge in [0.05, 0.1) is 17.7 Å². The number of nitrogens with one attached hydrogen (secondary N) is 1. The minimum absolute atomic E-state index is 0.0860. The van der Waals surface area contributed by atoms with Crippen molar-refractivity contribution in [2.24, 2.45) is 0 Å². The Balaban J connectivity index is 1.68. The summed E-state index contributed by atoms with van der Waals surface area (Å²) < 4.78 is 34.3. The number of sulfonamides is 1. The van der Waals surface area contributed by atoms with E-state index in [4.69, 9.17) is 4.74 Å². The lowest BCUT2D eigenvalue weighted by atomic mass is 10.1. The minimum Gasteiger partial charge on any atom is -0.497 e. The summed E-state index contributed by atoms with van der Waals surface area (Å²) in [4.78, 5) is 29.0. The van der Waals surface area contributed by atoms with Crippen molar-refractivity contribution in [2.75, 3.05) is 18.0 Å². The number of benzene rings is 3. The van der Waals surface area contributed by atoms with Crippen molar-refractivity contribution in [3.05, 3.63) is 89.5 Å². The maximum absolute atomic E-state index is 14.1. The largest absolute Gasteiger partial charge is 0.497 e. The average molecular weight is 578 g/mol. The van der Waals surface area contributed by atoms with Gasteiger partial charge < -0.3 is 15.0 Å². The standard InChI is InChI=1S/C32H39N3O5S/c1-23-12-16-28(17-13-23)35(41(38,39)30-18-14-24(2)15-19-30)22-31(36)34(21-26-8-7-11-29(20-26)40-4)25(3)32(37)33-27-9-5-6-10-27/h7-8,11-20,25,27H,5-6,9-10,21-22H2,1-4H3,(H,33,37). The number of hydrogen-bond acceptors (Lipinski definition) is 5. The summed E-state index contributed by atoms with van der Waals surface area (Å²) in [5.41, 5.74) is 3.02. The molecular weight excluding hydrogens is 538 g/mol. The Hall–Kier alpha value is -3.85. The van der Waals surface area contributed by atoms with Gasteiger partial charge in [-0.25, -0.2) is 8.42 Å². The number of methoxy groups -OCH3 is 1. The summed E-state index contributed by atoms with van der Waals surface area (Å²) in [5.74, 6) is -0.115. The van der Waals surface area contributed by atoms with Gasteiger partial charge in [0.1, 0.15) is 18.3 Å². The smallest absolute Gasteiger partial charge is 0.264 e. The summed E-state index contributed by atoms with van der Waals surface area (Å²) in [7, 11) is -2.53. The number of anilines is 1. The zero-order valence-electron chi connectivity index (χ0n) is 24.2. The number of ether oxygens (including phenoxy) is 1. The third-order valence-electron chi connectivity index (χ3n) is 7.57. The predicted octanol–water partition coefficient (Wildman–Crippen LogP) is 4.98. The third kappa shape index (κ3) is 7.47. The second-order valence-electron chi connectivity index (χ2n) is 10.7. The molecule has 1 fully saturated rings. The van der Waals surface area contributed by atoms with E-state index < -0.39 is 28.5 Å². The average Bonchev–Trinajstić information content (AvgIpc) is 3.48. The van der Waals surface area contributed by atoms with Gasteiger partial charge in [0.25, 0.3) is 10.0 Å². The Kier molecular flexibility index (Phi) is 9.70. The van der Waals surface area contributed by atoms with Gasteiger partial charge >= 0.3 is 0 Å². The SMILES string of the molecule is COc1cccc(CN(C(=O)CN(c2ccc(C)cc2)S(=O)(=O)c2ccc(C)cc2)C(C)C(=O)NC2CCCC2)c1. The number of carbonyl (C=O) groups is 2. The first-order valence-corrected chi connectivity index (χ1v) is 15.4. The highest BCUT2D eigenvalue weighted by atomic mass is 32.2. The highest BCUT2D eigenvalue weighted by molar-refractivity contribution is 7.92. The van der Waals surface area contributed by atoms with E-state index in [0.717, 1.165) is 46.7 Å². The van der Waals surface area contributed by atoms with Gasteiger partial charge in [-0.15, -0.1) is 0 Å². The molecule has 8 nitrogen and oxygen atoms in total. The van der Waals surface area contributed by atoms with Crippen molar-refractivity contribution < 1.29 is 22.7 Å². The molecule has 1 aliphatic rings. The molecule has 9 heteroatoms. The van der Waals surface area contributed by atoms with Crippen LogP contribution in [-0.2, 0) is 26.2 Å². The molecule has 0 aliphatic heterocycles. The van der Waals surface area contributed by atoms with Crippen molar-refractivity contribution in [3.63, 3.8) is 0 Å². The van der Waals surface area contributed by atoms with E-state index in [-0.39, 0.29) is 23.4 Å². The lowest BCUT2D eigenvalue weighted by Crippen LogP contribution is -2.52. The van der Waals surface area contributed by atoms with Crippen LogP contribution in [-0.4, -0.2) is 50.9 Å². The number of nitrogens with zero attached hydrogens (tertiary/aromatic N) is 2. The fraction of sp³-hybridized carbons (Fsp3) is 0.375. The lowest BCUT2D eigenvalue weighted by Gasteiger charge is -2.32. The molecule has 0 bridgehead atoms. The summed E-state index contributed by atoms with van der Waals surface area (Å²) in [6.45, 7) is 5.12. The van der Waals surface area contributed by atoms with Gasteiger partial charge in [-0.05, 0) is 75.6 Å². The van der Waals surface area contributed by atoms with E-state index in [1.807, 2.05) is 44.2 Å². The van der Waals surface area contributed by atoms with Crippen LogP contribution in [0.2, 0.25) is 0 Å². The zero-order valence-corrected chi connectivity index (χ0v) is 25.0. The minimum atomic E-state index is -4.10. The molecule has 0 aromatic heterocycles. The van der Waals surface area contributed by atoms with Crippen LogP contribution in [0.25, 0.3) is 0 Å². The van der Waals surface area contributed by atoms with Crippen LogP contribution in [0.3, 0.4) is 0 Å². The molecular formula is C32H39N3O5S. The zero-order chi connectivity index (χ0) is 29.6. The van der Waals surface area contributed by atoms with E-state index >= 15 is 0 Å². The van der Waals surface area contributed by atoms with E-state index in [2.05, 4.69) is 5.32 Å². The first-order chi connectivity index (χ1) is 19.6. The lowest BCUT2D eigenvalue weighted by molar-refractivity contribution is -0.139. The molecule has 1 unspecified atom stereocenters. The predicted molar refractivity (Wildman–Crippen MR) is 160 cm³/mol. The van der Waals surface area contributed by atoms with Gasteiger partial charge in [-0.3, -0.25) is 13.9 Å². The van der Waals surface area contributed by atoms with E-state index in [0.29, 0.717) is 11.4 Å². The van der Waals surface area contributed by atoms with Crippen LogP contribution in [0.15, 0.2) is 77.7 Å². The second-order valence-corrected chi connectivity index (χ2v) is 12.6. The van der Waals surface area contributed by atoms with Crippen molar-refractivity contribution in [1.82, 2.24) is 10.2 Å². The van der Waals surface area contributed by atoms with Crippen LogP contribution in [0.5, 0.6) is 5.75 Å². The molecule has 1 N–H and O–H groups in total. The maximum Gasteiger partial charge on any atom is 0.264 e. The molecule has 1 saturated carbocycles. The first-order valence-electron chi connectivity index (χ1n) is 14.0. The summed E-state index contributed by atoms with van der Waals surface area (Å²) in [5, 5.41) is 3.09. The maximum atomic E-state index is 14.1. The quantitative estimate of drug-likeness (QED) is 0.347. The number of rotatable bonds is 11. The molecule has 0 heterocycles. The van der Waals surface area contributed by atoms with Crippen molar-refractivity contribution >= 4 is 27.5 Å². The highest BCUT2D eigenvalue weighted by Gasteiger charge is 2.33. The van der Waals surface area contributed by atoms with Gasteiger partial charge in [0, 0.05) is 12.6 Å². The number of aryl methyl sites for hydroxylation is 2. The Morgan fingerprint density at radius 3 is 2.17 bits per heavy atom. The summed E-state index contributed by atoms with van der Waals surface area (Å²) in [6.07, 6.45) is 3.96. The fourth-order valence-corrected chi connectivity index (χ4v) is 6.43. The van der Waals surface area contributed by atoms with Crippen LogP contribution in [0.4, 0.5) is 5.69 Å². The molecule has 2 amide bonds. The Bertz CT molecular complexity index is 1450. The Morgan fingerprint density at radius 2 is 1.56 bits per heavy atom. The topological polar surface area (TPSA) is 96.0 Å². The summed E-state index contributed by atoms with van der Waals surface area (Å²) in [6, 6.07) is 20.1. The highest BCUT2D eigenvalue weighted by Crippen LogP contribution is 2.26. The molecule has 3 aromatic rings. The Morgan fingerprint density at radius 1 is 0.951 bits per heavy atom. The van der Waals surface area contributed by atoms with Crippen LogP contribution >= 0.6 is 0 Å². The molecule has 1 atom stereocenters. The van der Waals surface area contributed by atoms with Crippen LogP contribution < -0.4 is 14.4 Å². The molecule has 41 heavy (non-hydrogen) atoms. The molecule has 0 saturated heterocycles. The number of amides is 2. The van der Waals surface area contributed by atoms with Gasteiger partial charge in [0.2, 0.25) is 11.8 Å². The molecule has 3 aromatic carbocycles. The number of carbonyl (C=O) groups excluding carboxylic acids is 2. The van der Waals surface area contributed by atoms with E-state index in [1.165, 1.54) is 4.90 Å². The van der Waals surface area contributed by atoms with Crippen molar-refractivity contribution in [1.29, 1.82) is 0 Å². The summed E-state index contributed by atoms with van der Waals surface area (Å²) >= 11 is 0. The van der Waals surface area contributed by atoms with Gasteiger partial charge in [0.15, 0.2) is 0 Å². The second kappa shape index (κ2) is 13.2. The molecule has 0 spiro atoms.